The summed E-state index contributed by atoms with van der Waals surface area (Å²) in [4.78, 5) is 14.1. The van der Waals surface area contributed by atoms with Crippen molar-refractivity contribution in [2.24, 2.45) is 5.92 Å². The van der Waals surface area contributed by atoms with Crippen LogP contribution in [-0.2, 0) is 12.0 Å². The van der Waals surface area contributed by atoms with E-state index in [2.05, 4.69) is 50.1 Å². The summed E-state index contributed by atoms with van der Waals surface area (Å²) in [5.41, 5.74) is 1.98. The van der Waals surface area contributed by atoms with Crippen LogP contribution in [0, 0.1) is 5.92 Å². The monoisotopic (exact) mass is 314 g/mol. The second-order valence-electron chi connectivity index (χ2n) is 7.24. The fourth-order valence-corrected chi connectivity index (χ4v) is 2.31. The van der Waals surface area contributed by atoms with Crippen LogP contribution in [-0.4, -0.2) is 26.9 Å². The maximum absolute atomic E-state index is 12.5. The predicted octanol–water partition coefficient (Wildman–Crippen LogP) is 3.03. The van der Waals surface area contributed by atoms with E-state index in [-0.39, 0.29) is 17.4 Å². The van der Waals surface area contributed by atoms with Crippen molar-refractivity contribution in [2.75, 3.05) is 0 Å². The van der Waals surface area contributed by atoms with Crippen molar-refractivity contribution in [3.63, 3.8) is 0 Å². The van der Waals surface area contributed by atoms with Gasteiger partial charge in [-0.15, -0.1) is 0 Å². The fourth-order valence-electron chi connectivity index (χ4n) is 2.31. The molecule has 1 heterocycles. The molecule has 1 N–H and O–H groups in total. The van der Waals surface area contributed by atoms with E-state index in [9.17, 15) is 4.79 Å². The summed E-state index contributed by atoms with van der Waals surface area (Å²) in [7, 11) is 0. The van der Waals surface area contributed by atoms with Gasteiger partial charge in [0.1, 0.15) is 0 Å². The Labute approximate surface area is 138 Å². The topological polar surface area (TPSA) is 59.8 Å². The molecule has 0 bridgehead atoms. The third kappa shape index (κ3) is 4.65. The zero-order valence-corrected chi connectivity index (χ0v) is 14.6. The van der Waals surface area contributed by atoms with Gasteiger partial charge in [-0.2, -0.15) is 15.0 Å². The Kier molecular flexibility index (Phi) is 5.19. The molecule has 1 aromatic carbocycles. The second kappa shape index (κ2) is 6.94. The van der Waals surface area contributed by atoms with Gasteiger partial charge in [-0.25, -0.2) is 0 Å². The molecule has 124 valence electrons. The van der Waals surface area contributed by atoms with E-state index < -0.39 is 0 Å². The zero-order valence-electron chi connectivity index (χ0n) is 14.6. The summed E-state index contributed by atoms with van der Waals surface area (Å²) in [6, 6.07) is 7.80. The van der Waals surface area contributed by atoms with Gasteiger partial charge in [0.15, 0.2) is 0 Å². The lowest BCUT2D eigenvalue weighted by Crippen LogP contribution is -2.42. The third-order valence-corrected chi connectivity index (χ3v) is 3.96. The molecule has 0 aliphatic carbocycles. The quantitative estimate of drug-likeness (QED) is 0.923. The van der Waals surface area contributed by atoms with Crippen molar-refractivity contribution >= 4 is 5.91 Å². The summed E-state index contributed by atoms with van der Waals surface area (Å²) < 4.78 is 0. The molecule has 5 heteroatoms. The van der Waals surface area contributed by atoms with Crippen LogP contribution in [0.2, 0.25) is 0 Å². The highest BCUT2D eigenvalue weighted by atomic mass is 16.1. The van der Waals surface area contributed by atoms with Gasteiger partial charge in [0, 0.05) is 5.56 Å². The second-order valence-corrected chi connectivity index (χ2v) is 7.24. The Hall–Kier alpha value is -2.17. The Bertz CT molecular complexity index is 624. The molecular weight excluding hydrogens is 288 g/mol. The maximum Gasteiger partial charge on any atom is 0.251 e. The normalized spacial score (nSPS) is 13.1. The minimum Gasteiger partial charge on any atom is -0.347 e. The number of aromatic nitrogens is 3. The Balaban J connectivity index is 2.06. The van der Waals surface area contributed by atoms with Crippen LogP contribution < -0.4 is 5.32 Å². The lowest BCUT2D eigenvalue weighted by Gasteiger charge is -2.22. The fraction of sp³-hybridized carbons (Fsp3) is 0.500. The van der Waals surface area contributed by atoms with Crippen molar-refractivity contribution in [2.45, 2.75) is 52.6 Å². The molecule has 0 spiro atoms. The number of rotatable bonds is 5. The van der Waals surface area contributed by atoms with Crippen LogP contribution in [0.15, 0.2) is 36.7 Å². The first kappa shape index (κ1) is 17.2. The highest BCUT2D eigenvalue weighted by molar-refractivity contribution is 5.94. The van der Waals surface area contributed by atoms with Crippen molar-refractivity contribution in [3.8, 4) is 0 Å². The average Bonchev–Trinajstić information content (AvgIpc) is 2.98. The number of carbonyl (C=O) groups excluding carboxylic acids is 1. The Morgan fingerprint density at radius 2 is 1.70 bits per heavy atom. The standard InChI is InChI=1S/C18H26N4O/c1-13(2)16(12-22-19-10-11-20-22)21-17(23)14-6-8-15(9-7-14)18(3,4)5/h6-11,13,16H,12H2,1-5H3,(H,21,23)/t16-/m1/s1. The largest absolute Gasteiger partial charge is 0.347 e. The van der Waals surface area contributed by atoms with Crippen LogP contribution >= 0.6 is 0 Å². The summed E-state index contributed by atoms with van der Waals surface area (Å²) in [6.07, 6.45) is 3.29. The molecule has 0 aliphatic heterocycles. The number of hydrogen-bond acceptors (Lipinski definition) is 3. The van der Waals surface area contributed by atoms with Gasteiger partial charge in [0.05, 0.1) is 25.0 Å². The van der Waals surface area contributed by atoms with E-state index in [0.717, 1.165) is 0 Å². The molecule has 1 aromatic heterocycles. The van der Waals surface area contributed by atoms with Crippen LogP contribution in [0.3, 0.4) is 0 Å². The van der Waals surface area contributed by atoms with Gasteiger partial charge < -0.3 is 5.32 Å². The first-order chi connectivity index (χ1) is 10.8. The highest BCUT2D eigenvalue weighted by Gasteiger charge is 2.19. The van der Waals surface area contributed by atoms with Gasteiger partial charge in [0.2, 0.25) is 0 Å². The average molecular weight is 314 g/mol. The molecule has 23 heavy (non-hydrogen) atoms. The Morgan fingerprint density at radius 3 is 2.17 bits per heavy atom. The van der Waals surface area contributed by atoms with Crippen molar-refractivity contribution in [1.29, 1.82) is 0 Å². The minimum atomic E-state index is -0.0590. The Morgan fingerprint density at radius 1 is 1.13 bits per heavy atom. The summed E-state index contributed by atoms with van der Waals surface area (Å²) in [5, 5.41) is 11.3. The van der Waals surface area contributed by atoms with E-state index in [0.29, 0.717) is 18.0 Å². The lowest BCUT2D eigenvalue weighted by molar-refractivity contribution is 0.0918. The smallest absolute Gasteiger partial charge is 0.251 e. The minimum absolute atomic E-state index is 0.0165. The summed E-state index contributed by atoms with van der Waals surface area (Å²) >= 11 is 0. The summed E-state index contributed by atoms with van der Waals surface area (Å²) in [5.74, 6) is 0.232. The molecule has 5 nitrogen and oxygen atoms in total. The van der Waals surface area contributed by atoms with Gasteiger partial charge in [0.25, 0.3) is 5.91 Å². The van der Waals surface area contributed by atoms with Crippen molar-refractivity contribution in [3.05, 3.63) is 47.8 Å². The first-order valence-electron chi connectivity index (χ1n) is 8.03. The van der Waals surface area contributed by atoms with Crippen molar-refractivity contribution < 1.29 is 4.79 Å². The molecule has 1 amide bonds. The number of carbonyl (C=O) groups is 1. The van der Waals surface area contributed by atoms with Gasteiger partial charge in [-0.1, -0.05) is 46.8 Å². The number of amides is 1. The van der Waals surface area contributed by atoms with Crippen LogP contribution in [0.5, 0.6) is 0 Å². The molecule has 1 atom stereocenters. The molecule has 2 rings (SSSR count). The van der Waals surface area contributed by atoms with E-state index >= 15 is 0 Å². The highest BCUT2D eigenvalue weighted by Crippen LogP contribution is 2.22. The SMILES string of the molecule is CC(C)[C@@H](Cn1nccn1)NC(=O)c1ccc(C(C)(C)C)cc1. The number of hydrogen-bond donors (Lipinski definition) is 1. The number of nitrogens with one attached hydrogen (secondary N) is 1. The van der Waals surface area contributed by atoms with Gasteiger partial charge in [-0.3, -0.25) is 4.79 Å². The first-order valence-corrected chi connectivity index (χ1v) is 8.03. The third-order valence-electron chi connectivity index (χ3n) is 3.96. The molecule has 0 radical (unpaired) electrons. The molecule has 2 aromatic rings. The van der Waals surface area contributed by atoms with Crippen molar-refractivity contribution in [1.82, 2.24) is 20.3 Å². The molecule has 0 saturated heterocycles. The number of nitrogens with zero attached hydrogens (tertiary/aromatic N) is 3. The maximum atomic E-state index is 12.5. The van der Waals surface area contributed by atoms with Crippen LogP contribution in [0.1, 0.15) is 50.5 Å². The van der Waals surface area contributed by atoms with E-state index in [1.807, 2.05) is 24.3 Å². The molecule has 0 fully saturated rings. The van der Waals surface area contributed by atoms with E-state index in [1.165, 1.54) is 5.56 Å². The van der Waals surface area contributed by atoms with Gasteiger partial charge in [-0.05, 0) is 29.0 Å². The molecule has 0 unspecified atom stereocenters. The summed E-state index contributed by atoms with van der Waals surface area (Å²) in [6.45, 7) is 11.2. The molecule has 0 saturated carbocycles. The van der Waals surface area contributed by atoms with E-state index in [1.54, 1.807) is 17.2 Å². The lowest BCUT2D eigenvalue weighted by atomic mass is 9.86. The zero-order chi connectivity index (χ0) is 17.0. The van der Waals surface area contributed by atoms with E-state index in [4.69, 9.17) is 0 Å². The predicted molar refractivity (Wildman–Crippen MR) is 91.3 cm³/mol. The van der Waals surface area contributed by atoms with Gasteiger partial charge >= 0.3 is 0 Å². The van der Waals surface area contributed by atoms with Crippen LogP contribution in [0.4, 0.5) is 0 Å². The molecule has 0 aliphatic rings. The molecular formula is C18H26N4O. The number of benzene rings is 1. The van der Waals surface area contributed by atoms with Crippen LogP contribution in [0.25, 0.3) is 0 Å².